The zero-order valence-corrected chi connectivity index (χ0v) is 13.0. The summed E-state index contributed by atoms with van der Waals surface area (Å²) in [5, 5.41) is 2.79. The monoisotopic (exact) mass is 323 g/mol. The lowest BCUT2D eigenvalue weighted by Crippen LogP contribution is -2.56. The average Bonchev–Trinajstić information content (AvgIpc) is 2.98. The van der Waals surface area contributed by atoms with Crippen LogP contribution < -0.4 is 5.32 Å². The molecule has 1 unspecified atom stereocenters. The van der Waals surface area contributed by atoms with Crippen LogP contribution in [0.5, 0.6) is 0 Å². The van der Waals surface area contributed by atoms with Crippen molar-refractivity contribution in [1.82, 2.24) is 5.32 Å². The molecule has 1 aromatic rings. The molecule has 22 heavy (non-hydrogen) atoms. The van der Waals surface area contributed by atoms with E-state index in [9.17, 15) is 14.0 Å². The Bertz CT molecular complexity index is 587. The average molecular weight is 323 g/mol. The zero-order chi connectivity index (χ0) is 15.6. The number of carbonyl (C=O) groups is 2. The van der Waals surface area contributed by atoms with Crippen LogP contribution in [-0.4, -0.2) is 28.4 Å². The van der Waals surface area contributed by atoms with Gasteiger partial charge in [0.2, 0.25) is 5.91 Å². The lowest BCUT2D eigenvalue weighted by Gasteiger charge is -2.35. The van der Waals surface area contributed by atoms with Gasteiger partial charge >= 0.3 is 5.97 Å². The number of esters is 1. The molecule has 4 nitrogen and oxygen atoms in total. The van der Waals surface area contributed by atoms with Gasteiger partial charge in [0.25, 0.3) is 0 Å². The molecule has 3 rings (SSSR count). The Morgan fingerprint density at radius 3 is 2.86 bits per heavy atom. The van der Waals surface area contributed by atoms with Crippen LogP contribution in [0.25, 0.3) is 0 Å². The van der Waals surface area contributed by atoms with Crippen LogP contribution in [0.4, 0.5) is 4.39 Å². The molecule has 2 fully saturated rings. The molecule has 1 aliphatic heterocycles. The van der Waals surface area contributed by atoms with Gasteiger partial charge in [-0.05, 0) is 30.5 Å². The summed E-state index contributed by atoms with van der Waals surface area (Å²) in [6.07, 6.45) is 3.90. The van der Waals surface area contributed by atoms with E-state index in [0.717, 1.165) is 25.7 Å². The fraction of sp³-hybridized carbons (Fsp3) is 0.500. The van der Waals surface area contributed by atoms with Crippen molar-refractivity contribution in [2.45, 2.75) is 43.1 Å². The third-order valence-electron chi connectivity index (χ3n) is 4.21. The van der Waals surface area contributed by atoms with Crippen molar-refractivity contribution in [2.24, 2.45) is 0 Å². The molecule has 1 saturated carbocycles. The third-order valence-corrected chi connectivity index (χ3v) is 5.86. The molecule has 1 heterocycles. The standard InChI is InChI=1S/C16H18FNO3S/c17-12-5-3-4-11(8-12)9-21-14(19)13-10-22-16(15(20)18-13)6-1-2-7-16/h3-5,8,13H,1-2,6-7,9-10H2,(H,18,20). The third kappa shape index (κ3) is 3.11. The molecule has 1 saturated heterocycles. The van der Waals surface area contributed by atoms with Crippen LogP contribution in [0.15, 0.2) is 24.3 Å². The van der Waals surface area contributed by atoms with Gasteiger partial charge in [-0.2, -0.15) is 0 Å². The summed E-state index contributed by atoms with van der Waals surface area (Å²) in [5.41, 5.74) is 0.593. The van der Waals surface area contributed by atoms with Crippen molar-refractivity contribution < 1.29 is 18.7 Å². The molecule has 2 aliphatic rings. The Morgan fingerprint density at radius 1 is 1.41 bits per heavy atom. The highest BCUT2D eigenvalue weighted by Gasteiger charge is 2.47. The van der Waals surface area contributed by atoms with E-state index in [0.29, 0.717) is 11.3 Å². The molecular weight excluding hydrogens is 305 g/mol. The topological polar surface area (TPSA) is 55.4 Å². The Balaban J connectivity index is 1.54. The summed E-state index contributed by atoms with van der Waals surface area (Å²) in [6.45, 7) is 0.0127. The number of nitrogens with one attached hydrogen (secondary N) is 1. The quantitative estimate of drug-likeness (QED) is 0.868. The Hall–Kier alpha value is -1.56. The van der Waals surface area contributed by atoms with E-state index in [-0.39, 0.29) is 23.1 Å². The van der Waals surface area contributed by atoms with Crippen LogP contribution in [-0.2, 0) is 20.9 Å². The predicted molar refractivity (Wildman–Crippen MR) is 81.8 cm³/mol. The van der Waals surface area contributed by atoms with E-state index >= 15 is 0 Å². The molecular formula is C16H18FNO3S. The summed E-state index contributed by atoms with van der Waals surface area (Å²) in [4.78, 5) is 24.3. The summed E-state index contributed by atoms with van der Waals surface area (Å²) in [5.74, 6) is -0.335. The Labute approximate surface area is 132 Å². The molecule has 0 aromatic heterocycles. The second-order valence-corrected chi connectivity index (χ2v) is 7.18. The predicted octanol–water partition coefficient (Wildman–Crippen LogP) is 2.41. The lowest BCUT2D eigenvalue weighted by atomic mass is 10.1. The second kappa shape index (κ2) is 6.28. The molecule has 6 heteroatoms. The summed E-state index contributed by atoms with van der Waals surface area (Å²) in [6, 6.07) is 5.31. The SMILES string of the molecule is O=C(OCc1cccc(F)c1)C1CSC2(CCCC2)C(=O)N1. The first-order valence-electron chi connectivity index (χ1n) is 7.45. The first kappa shape index (κ1) is 15.3. The number of rotatable bonds is 3. The van der Waals surface area contributed by atoms with E-state index in [1.54, 1.807) is 23.9 Å². The molecule has 118 valence electrons. The molecule has 0 radical (unpaired) electrons. The Kier molecular flexibility index (Phi) is 4.38. The second-order valence-electron chi connectivity index (χ2n) is 5.78. The summed E-state index contributed by atoms with van der Waals surface area (Å²) in [7, 11) is 0. The van der Waals surface area contributed by atoms with Crippen LogP contribution in [0.1, 0.15) is 31.2 Å². The number of carbonyl (C=O) groups excluding carboxylic acids is 2. The highest BCUT2D eigenvalue weighted by Crippen LogP contribution is 2.44. The molecule has 1 spiro atoms. The van der Waals surface area contributed by atoms with Crippen molar-refractivity contribution >= 4 is 23.6 Å². The van der Waals surface area contributed by atoms with Crippen LogP contribution in [0.3, 0.4) is 0 Å². The van der Waals surface area contributed by atoms with Gasteiger partial charge in [-0.3, -0.25) is 4.79 Å². The van der Waals surface area contributed by atoms with Gasteiger partial charge in [-0.25, -0.2) is 9.18 Å². The van der Waals surface area contributed by atoms with Gasteiger partial charge in [0.05, 0.1) is 4.75 Å². The Morgan fingerprint density at radius 2 is 2.18 bits per heavy atom. The minimum atomic E-state index is -0.614. The van der Waals surface area contributed by atoms with E-state index in [4.69, 9.17) is 4.74 Å². The minimum Gasteiger partial charge on any atom is -0.459 e. The number of amides is 1. The maximum absolute atomic E-state index is 13.1. The molecule has 1 aliphatic carbocycles. The first-order valence-corrected chi connectivity index (χ1v) is 8.44. The van der Waals surface area contributed by atoms with Crippen LogP contribution in [0, 0.1) is 5.82 Å². The van der Waals surface area contributed by atoms with Crippen molar-refractivity contribution in [2.75, 3.05) is 5.75 Å². The molecule has 1 N–H and O–H groups in total. The van der Waals surface area contributed by atoms with Crippen molar-refractivity contribution in [3.8, 4) is 0 Å². The zero-order valence-electron chi connectivity index (χ0n) is 12.1. The smallest absolute Gasteiger partial charge is 0.329 e. The summed E-state index contributed by atoms with van der Waals surface area (Å²) < 4.78 is 17.9. The number of thioether (sulfide) groups is 1. The molecule has 0 bridgehead atoms. The van der Waals surface area contributed by atoms with Crippen molar-refractivity contribution in [3.05, 3.63) is 35.6 Å². The van der Waals surface area contributed by atoms with Gasteiger partial charge < -0.3 is 10.1 Å². The van der Waals surface area contributed by atoms with Gasteiger partial charge in [-0.1, -0.05) is 25.0 Å². The number of hydrogen-bond acceptors (Lipinski definition) is 4. The van der Waals surface area contributed by atoms with Gasteiger partial charge in [0.1, 0.15) is 18.5 Å². The maximum atomic E-state index is 13.1. The largest absolute Gasteiger partial charge is 0.459 e. The van der Waals surface area contributed by atoms with Gasteiger partial charge in [-0.15, -0.1) is 11.8 Å². The number of halogens is 1. The normalized spacial score (nSPS) is 23.3. The van der Waals surface area contributed by atoms with Gasteiger partial charge in [0, 0.05) is 5.75 Å². The van der Waals surface area contributed by atoms with E-state index in [1.807, 2.05) is 0 Å². The van der Waals surface area contributed by atoms with Crippen LogP contribution in [0.2, 0.25) is 0 Å². The van der Waals surface area contributed by atoms with Crippen LogP contribution >= 0.6 is 11.8 Å². The highest BCUT2D eigenvalue weighted by atomic mass is 32.2. The highest BCUT2D eigenvalue weighted by molar-refractivity contribution is 8.01. The fourth-order valence-corrected chi connectivity index (χ4v) is 4.44. The molecule has 1 amide bonds. The number of hydrogen-bond donors (Lipinski definition) is 1. The molecule has 1 aromatic carbocycles. The van der Waals surface area contributed by atoms with E-state index in [1.165, 1.54) is 12.1 Å². The van der Waals surface area contributed by atoms with E-state index < -0.39 is 12.0 Å². The number of benzene rings is 1. The van der Waals surface area contributed by atoms with Crippen molar-refractivity contribution in [3.63, 3.8) is 0 Å². The number of ether oxygens (including phenoxy) is 1. The lowest BCUT2D eigenvalue weighted by molar-refractivity contribution is -0.149. The minimum absolute atomic E-state index is 0.0127. The summed E-state index contributed by atoms with van der Waals surface area (Å²) >= 11 is 1.57. The fourth-order valence-electron chi connectivity index (χ4n) is 2.97. The van der Waals surface area contributed by atoms with Crippen molar-refractivity contribution in [1.29, 1.82) is 0 Å². The maximum Gasteiger partial charge on any atom is 0.329 e. The van der Waals surface area contributed by atoms with E-state index in [2.05, 4.69) is 5.32 Å². The van der Waals surface area contributed by atoms with Gasteiger partial charge in [0.15, 0.2) is 0 Å². The molecule has 1 atom stereocenters. The first-order chi connectivity index (χ1) is 10.6.